The third-order valence-corrected chi connectivity index (χ3v) is 4.09. The molecule has 0 bridgehead atoms. The molecule has 2 saturated heterocycles. The molecule has 1 aromatic rings. The first-order valence-corrected chi connectivity index (χ1v) is 6.90. The second-order valence-electron chi connectivity index (χ2n) is 5.68. The lowest BCUT2D eigenvalue weighted by Crippen LogP contribution is -2.41. The largest absolute Gasteiger partial charge is 0.380 e. The first-order chi connectivity index (χ1) is 9.60. The molecule has 108 valence electrons. The number of amides is 1. The monoisotopic (exact) mass is 279 g/mol. The number of hydrogen-bond acceptors (Lipinski definition) is 3. The van der Waals surface area contributed by atoms with Gasteiger partial charge >= 0.3 is 0 Å². The standard InChI is InChI=1S/C15H18FNO3/c1-15(7-9-19-10-15)14(18)17-13(6-8-20-17)11-2-4-12(16)5-3-11/h2-5,13H,6-10H2,1H3/t13-,15?/m0/s1. The van der Waals surface area contributed by atoms with Gasteiger partial charge in [0.15, 0.2) is 0 Å². The van der Waals surface area contributed by atoms with Crippen LogP contribution >= 0.6 is 0 Å². The van der Waals surface area contributed by atoms with Gasteiger partial charge in [0.1, 0.15) is 5.82 Å². The summed E-state index contributed by atoms with van der Waals surface area (Å²) in [6.45, 7) is 3.45. The molecule has 4 nitrogen and oxygen atoms in total. The van der Waals surface area contributed by atoms with Gasteiger partial charge in [-0.05, 0) is 31.0 Å². The van der Waals surface area contributed by atoms with Gasteiger partial charge in [-0.1, -0.05) is 12.1 Å². The van der Waals surface area contributed by atoms with Gasteiger partial charge in [0, 0.05) is 13.0 Å². The summed E-state index contributed by atoms with van der Waals surface area (Å²) in [6, 6.07) is 6.11. The molecule has 5 heteroatoms. The lowest BCUT2D eigenvalue weighted by molar-refractivity contribution is -0.187. The van der Waals surface area contributed by atoms with Crippen molar-refractivity contribution in [2.75, 3.05) is 19.8 Å². The van der Waals surface area contributed by atoms with Gasteiger partial charge in [-0.2, -0.15) is 0 Å². The molecular formula is C15H18FNO3. The average Bonchev–Trinajstić information content (AvgIpc) is 3.08. The van der Waals surface area contributed by atoms with E-state index in [1.165, 1.54) is 17.2 Å². The molecule has 2 aliphatic rings. The maximum atomic E-state index is 13.0. The number of benzene rings is 1. The highest BCUT2D eigenvalue weighted by atomic mass is 19.1. The van der Waals surface area contributed by atoms with Crippen LogP contribution in [0.2, 0.25) is 0 Å². The van der Waals surface area contributed by atoms with Crippen LogP contribution in [0.1, 0.15) is 31.4 Å². The fraction of sp³-hybridized carbons (Fsp3) is 0.533. The van der Waals surface area contributed by atoms with Crippen LogP contribution in [-0.4, -0.2) is 30.8 Å². The van der Waals surface area contributed by atoms with Crippen LogP contribution in [-0.2, 0) is 14.4 Å². The molecule has 2 atom stereocenters. The molecule has 20 heavy (non-hydrogen) atoms. The minimum atomic E-state index is -0.511. The number of hydroxylamine groups is 2. The van der Waals surface area contributed by atoms with Crippen LogP contribution in [0.5, 0.6) is 0 Å². The smallest absolute Gasteiger partial charge is 0.255 e. The Morgan fingerprint density at radius 3 is 2.75 bits per heavy atom. The zero-order chi connectivity index (χ0) is 14.2. The maximum absolute atomic E-state index is 13.0. The molecule has 0 N–H and O–H groups in total. The fourth-order valence-electron chi connectivity index (χ4n) is 2.76. The summed E-state index contributed by atoms with van der Waals surface area (Å²) < 4.78 is 18.4. The molecule has 2 fully saturated rings. The SMILES string of the molecule is CC1(C(=O)N2OCC[C@H]2c2ccc(F)cc2)CCOC1. The Morgan fingerprint density at radius 1 is 1.35 bits per heavy atom. The first-order valence-electron chi connectivity index (χ1n) is 6.90. The molecule has 2 aliphatic heterocycles. The summed E-state index contributed by atoms with van der Waals surface area (Å²) in [5.74, 6) is -0.316. The predicted octanol–water partition coefficient (Wildman–Crippen LogP) is 2.46. The highest BCUT2D eigenvalue weighted by molar-refractivity contribution is 5.82. The summed E-state index contributed by atoms with van der Waals surface area (Å²) in [4.78, 5) is 18.2. The van der Waals surface area contributed by atoms with Crippen LogP contribution in [0, 0.1) is 11.2 Å². The van der Waals surface area contributed by atoms with Crippen molar-refractivity contribution in [3.05, 3.63) is 35.6 Å². The molecule has 1 amide bonds. The average molecular weight is 279 g/mol. The lowest BCUT2D eigenvalue weighted by atomic mass is 9.88. The van der Waals surface area contributed by atoms with Crippen molar-refractivity contribution < 1.29 is 18.8 Å². The van der Waals surface area contributed by atoms with Crippen LogP contribution in [0.4, 0.5) is 4.39 Å². The van der Waals surface area contributed by atoms with Crippen molar-refractivity contribution >= 4 is 5.91 Å². The van der Waals surface area contributed by atoms with Gasteiger partial charge in [-0.25, -0.2) is 9.45 Å². The van der Waals surface area contributed by atoms with E-state index in [0.717, 1.165) is 12.0 Å². The Morgan fingerprint density at radius 2 is 2.10 bits per heavy atom. The van der Waals surface area contributed by atoms with Gasteiger partial charge in [-0.3, -0.25) is 9.63 Å². The van der Waals surface area contributed by atoms with Crippen molar-refractivity contribution in [2.24, 2.45) is 5.41 Å². The number of rotatable bonds is 2. The molecule has 1 unspecified atom stereocenters. The van der Waals surface area contributed by atoms with Crippen LogP contribution in [0.3, 0.4) is 0 Å². The number of hydrogen-bond donors (Lipinski definition) is 0. The lowest BCUT2D eigenvalue weighted by Gasteiger charge is -2.30. The van der Waals surface area contributed by atoms with Crippen LogP contribution in [0.15, 0.2) is 24.3 Å². The Kier molecular flexibility index (Phi) is 3.48. The van der Waals surface area contributed by atoms with E-state index in [0.29, 0.717) is 26.2 Å². The Labute approximate surface area is 117 Å². The Hall–Kier alpha value is -1.46. The molecule has 0 radical (unpaired) electrons. The zero-order valence-electron chi connectivity index (χ0n) is 11.5. The maximum Gasteiger partial charge on any atom is 0.255 e. The molecule has 2 heterocycles. The number of carbonyl (C=O) groups is 1. The van der Waals surface area contributed by atoms with E-state index >= 15 is 0 Å². The van der Waals surface area contributed by atoms with Gasteiger partial charge in [-0.15, -0.1) is 0 Å². The summed E-state index contributed by atoms with van der Waals surface area (Å²) >= 11 is 0. The third-order valence-electron chi connectivity index (χ3n) is 4.09. The van der Waals surface area contributed by atoms with E-state index in [1.807, 2.05) is 6.92 Å². The second-order valence-corrected chi connectivity index (χ2v) is 5.68. The first kappa shape index (κ1) is 13.5. The van der Waals surface area contributed by atoms with E-state index in [1.54, 1.807) is 12.1 Å². The van der Waals surface area contributed by atoms with Gasteiger partial charge in [0.25, 0.3) is 5.91 Å². The third kappa shape index (κ3) is 2.31. The van der Waals surface area contributed by atoms with Crippen molar-refractivity contribution in [1.82, 2.24) is 5.06 Å². The normalized spacial score (nSPS) is 29.9. The van der Waals surface area contributed by atoms with Crippen molar-refractivity contribution in [1.29, 1.82) is 0 Å². The Bertz CT molecular complexity index is 496. The number of carbonyl (C=O) groups excluding carboxylic acids is 1. The van der Waals surface area contributed by atoms with E-state index < -0.39 is 5.41 Å². The predicted molar refractivity (Wildman–Crippen MR) is 70.1 cm³/mol. The van der Waals surface area contributed by atoms with Gasteiger partial charge in [0.05, 0.1) is 24.7 Å². The second kappa shape index (κ2) is 5.14. The van der Waals surface area contributed by atoms with E-state index in [-0.39, 0.29) is 17.8 Å². The van der Waals surface area contributed by atoms with Crippen molar-refractivity contribution in [3.63, 3.8) is 0 Å². The molecule has 0 aromatic heterocycles. The summed E-state index contributed by atoms with van der Waals surface area (Å²) in [5, 5.41) is 1.46. The number of halogens is 1. The highest BCUT2D eigenvalue weighted by Crippen LogP contribution is 2.37. The number of ether oxygens (including phenoxy) is 1. The zero-order valence-corrected chi connectivity index (χ0v) is 11.5. The minimum absolute atomic E-state index is 0.0400. The summed E-state index contributed by atoms with van der Waals surface area (Å²) in [6.07, 6.45) is 1.44. The number of nitrogens with zero attached hydrogens (tertiary/aromatic N) is 1. The molecule has 0 spiro atoms. The highest BCUT2D eigenvalue weighted by Gasteiger charge is 2.44. The van der Waals surface area contributed by atoms with Crippen LogP contribution < -0.4 is 0 Å². The van der Waals surface area contributed by atoms with E-state index in [4.69, 9.17) is 9.57 Å². The van der Waals surface area contributed by atoms with E-state index in [2.05, 4.69) is 0 Å². The Balaban J connectivity index is 1.81. The quantitative estimate of drug-likeness (QED) is 0.834. The minimum Gasteiger partial charge on any atom is -0.380 e. The van der Waals surface area contributed by atoms with Gasteiger partial charge < -0.3 is 4.74 Å². The topological polar surface area (TPSA) is 38.8 Å². The molecular weight excluding hydrogens is 261 g/mol. The molecule has 3 rings (SSSR count). The fourth-order valence-corrected chi connectivity index (χ4v) is 2.76. The van der Waals surface area contributed by atoms with Crippen LogP contribution in [0.25, 0.3) is 0 Å². The molecule has 0 aliphatic carbocycles. The summed E-state index contributed by atoms with van der Waals surface area (Å²) in [5.41, 5.74) is 0.391. The van der Waals surface area contributed by atoms with Crippen molar-refractivity contribution in [2.45, 2.75) is 25.8 Å². The van der Waals surface area contributed by atoms with Crippen molar-refractivity contribution in [3.8, 4) is 0 Å². The molecule has 1 aromatic carbocycles. The summed E-state index contributed by atoms with van der Waals surface area (Å²) in [7, 11) is 0. The van der Waals surface area contributed by atoms with Gasteiger partial charge in [0.2, 0.25) is 0 Å². The van der Waals surface area contributed by atoms with E-state index in [9.17, 15) is 9.18 Å². The molecule has 0 saturated carbocycles.